The lowest BCUT2D eigenvalue weighted by molar-refractivity contribution is 0.0778. The number of rotatable bonds is 3. The Labute approximate surface area is 129 Å². The molecule has 1 aliphatic heterocycles. The maximum Gasteiger partial charge on any atom is 0.256 e. The van der Waals surface area contributed by atoms with E-state index in [-0.39, 0.29) is 17.1 Å². The number of aromatic nitrogens is 1. The third-order valence-corrected chi connectivity index (χ3v) is 4.47. The van der Waals surface area contributed by atoms with Gasteiger partial charge in [-0.25, -0.2) is 4.39 Å². The molecule has 2 aromatic rings. The molecule has 3 rings (SSSR count). The van der Waals surface area contributed by atoms with E-state index in [0.29, 0.717) is 18.7 Å². The van der Waals surface area contributed by atoms with Crippen LogP contribution in [0, 0.1) is 11.2 Å². The van der Waals surface area contributed by atoms with Gasteiger partial charge in [0.15, 0.2) is 0 Å². The molecular weight excluding hydrogens is 281 g/mol. The number of nitrogens with two attached hydrogens (primary N) is 1. The highest BCUT2D eigenvalue weighted by Crippen LogP contribution is 2.31. The van der Waals surface area contributed by atoms with Gasteiger partial charge in [0.2, 0.25) is 0 Å². The molecule has 22 heavy (non-hydrogen) atoms. The van der Waals surface area contributed by atoms with Crippen LogP contribution in [0.1, 0.15) is 23.7 Å². The van der Waals surface area contributed by atoms with E-state index >= 15 is 0 Å². The molecule has 1 aromatic carbocycles. The molecule has 4 nitrogen and oxygen atoms in total. The van der Waals surface area contributed by atoms with Gasteiger partial charge in [-0.15, -0.1) is 0 Å². The van der Waals surface area contributed by atoms with Gasteiger partial charge in [0.05, 0.1) is 5.56 Å². The molecule has 0 aliphatic carbocycles. The average molecular weight is 301 g/mol. The van der Waals surface area contributed by atoms with E-state index in [4.69, 9.17) is 5.73 Å². The molecular formula is C17H20FN3O. The van der Waals surface area contributed by atoms with Crippen LogP contribution in [0.2, 0.25) is 0 Å². The Balaban J connectivity index is 1.86. The average Bonchev–Trinajstić information content (AvgIpc) is 3.15. The molecule has 0 saturated carbocycles. The number of halogens is 1. The van der Waals surface area contributed by atoms with Crippen LogP contribution in [0.3, 0.4) is 0 Å². The fraction of sp³-hybridized carbons (Fsp3) is 0.353. The summed E-state index contributed by atoms with van der Waals surface area (Å²) >= 11 is 0. The van der Waals surface area contributed by atoms with Crippen LogP contribution < -0.4 is 5.73 Å². The van der Waals surface area contributed by atoms with E-state index < -0.39 is 0 Å². The standard InChI is InChI=1S/C17H20FN3O/c1-17(10-19)6-7-21(11-17)16(22)15-9-20-8-14(15)12-2-4-13(18)5-3-12/h2-5,8-9,20H,6-7,10-11,19H2,1H3. The summed E-state index contributed by atoms with van der Waals surface area (Å²) in [4.78, 5) is 17.6. The van der Waals surface area contributed by atoms with Crippen molar-refractivity contribution >= 4 is 5.91 Å². The fourth-order valence-corrected chi connectivity index (χ4v) is 2.94. The van der Waals surface area contributed by atoms with E-state index in [1.165, 1.54) is 12.1 Å². The van der Waals surface area contributed by atoms with Gasteiger partial charge in [-0.1, -0.05) is 19.1 Å². The molecule has 5 heteroatoms. The first-order valence-electron chi connectivity index (χ1n) is 7.44. The maximum atomic E-state index is 13.1. The number of carbonyl (C=O) groups is 1. The van der Waals surface area contributed by atoms with Crippen molar-refractivity contribution in [1.29, 1.82) is 0 Å². The first-order chi connectivity index (χ1) is 10.5. The number of amides is 1. The van der Waals surface area contributed by atoms with Gasteiger partial charge in [-0.05, 0) is 36.1 Å². The Morgan fingerprint density at radius 3 is 2.73 bits per heavy atom. The van der Waals surface area contributed by atoms with E-state index in [1.54, 1.807) is 24.5 Å². The zero-order chi connectivity index (χ0) is 15.7. The summed E-state index contributed by atoms with van der Waals surface area (Å²) in [6, 6.07) is 6.17. The van der Waals surface area contributed by atoms with Gasteiger partial charge in [0, 0.05) is 31.0 Å². The summed E-state index contributed by atoms with van der Waals surface area (Å²) in [6.07, 6.45) is 4.41. The van der Waals surface area contributed by atoms with Crippen molar-refractivity contribution in [2.45, 2.75) is 13.3 Å². The normalized spacial score (nSPS) is 21.3. The lowest BCUT2D eigenvalue weighted by Crippen LogP contribution is -2.34. The molecule has 1 amide bonds. The van der Waals surface area contributed by atoms with E-state index in [2.05, 4.69) is 11.9 Å². The van der Waals surface area contributed by atoms with Crippen LogP contribution in [0.4, 0.5) is 4.39 Å². The van der Waals surface area contributed by atoms with Gasteiger partial charge in [-0.3, -0.25) is 4.79 Å². The Bertz CT molecular complexity index is 679. The SMILES string of the molecule is CC1(CN)CCN(C(=O)c2c[nH]cc2-c2ccc(F)cc2)C1. The van der Waals surface area contributed by atoms with Gasteiger partial charge < -0.3 is 15.6 Å². The lowest BCUT2D eigenvalue weighted by Gasteiger charge is -2.22. The maximum absolute atomic E-state index is 13.1. The van der Waals surface area contributed by atoms with Crippen LogP contribution in [0.15, 0.2) is 36.7 Å². The van der Waals surface area contributed by atoms with Crippen LogP contribution in [0.5, 0.6) is 0 Å². The molecule has 3 N–H and O–H groups in total. The quantitative estimate of drug-likeness (QED) is 0.915. The second-order valence-corrected chi connectivity index (χ2v) is 6.28. The molecule has 2 heterocycles. The number of likely N-dealkylation sites (tertiary alicyclic amines) is 1. The third-order valence-electron chi connectivity index (χ3n) is 4.47. The molecule has 1 aromatic heterocycles. The van der Waals surface area contributed by atoms with Gasteiger partial charge in [-0.2, -0.15) is 0 Å². The van der Waals surface area contributed by atoms with Crippen molar-refractivity contribution in [2.24, 2.45) is 11.1 Å². The zero-order valence-electron chi connectivity index (χ0n) is 12.6. The molecule has 0 radical (unpaired) electrons. The predicted octanol–water partition coefficient (Wildman–Crippen LogP) is 2.63. The summed E-state index contributed by atoms with van der Waals surface area (Å²) < 4.78 is 13.1. The molecule has 1 unspecified atom stereocenters. The second-order valence-electron chi connectivity index (χ2n) is 6.28. The largest absolute Gasteiger partial charge is 0.366 e. The summed E-state index contributed by atoms with van der Waals surface area (Å²) in [5.41, 5.74) is 8.05. The topological polar surface area (TPSA) is 62.1 Å². The van der Waals surface area contributed by atoms with Crippen molar-refractivity contribution in [2.75, 3.05) is 19.6 Å². The first kappa shape index (κ1) is 14.8. The number of hydrogen-bond acceptors (Lipinski definition) is 2. The lowest BCUT2D eigenvalue weighted by atomic mass is 9.90. The minimum absolute atomic E-state index is 0.00199. The van der Waals surface area contributed by atoms with Crippen LogP contribution in [0.25, 0.3) is 11.1 Å². The molecule has 1 fully saturated rings. The van der Waals surface area contributed by atoms with Crippen LogP contribution in [-0.4, -0.2) is 35.4 Å². The number of benzene rings is 1. The van der Waals surface area contributed by atoms with E-state index in [9.17, 15) is 9.18 Å². The van der Waals surface area contributed by atoms with Crippen molar-refractivity contribution < 1.29 is 9.18 Å². The number of nitrogens with one attached hydrogen (secondary N) is 1. The number of nitrogens with zero attached hydrogens (tertiary/aromatic N) is 1. The number of H-pyrrole nitrogens is 1. The number of hydrogen-bond donors (Lipinski definition) is 2. The van der Waals surface area contributed by atoms with Crippen molar-refractivity contribution in [3.05, 3.63) is 48.0 Å². The van der Waals surface area contributed by atoms with Gasteiger partial charge in [0.25, 0.3) is 5.91 Å². The minimum atomic E-state index is -0.287. The Morgan fingerprint density at radius 2 is 2.09 bits per heavy atom. The monoisotopic (exact) mass is 301 g/mol. The van der Waals surface area contributed by atoms with E-state index in [1.807, 2.05) is 4.90 Å². The fourth-order valence-electron chi connectivity index (χ4n) is 2.94. The first-order valence-corrected chi connectivity index (χ1v) is 7.44. The molecule has 0 bridgehead atoms. The number of aromatic amines is 1. The Kier molecular flexibility index (Phi) is 3.74. The predicted molar refractivity (Wildman–Crippen MR) is 83.9 cm³/mol. The third kappa shape index (κ3) is 2.64. The van der Waals surface area contributed by atoms with Crippen molar-refractivity contribution in [3.8, 4) is 11.1 Å². The summed E-state index contributed by atoms with van der Waals surface area (Å²) in [5.74, 6) is -0.289. The molecule has 116 valence electrons. The van der Waals surface area contributed by atoms with Crippen molar-refractivity contribution in [3.63, 3.8) is 0 Å². The molecule has 1 aliphatic rings. The summed E-state index contributed by atoms with van der Waals surface area (Å²) in [7, 11) is 0. The summed E-state index contributed by atoms with van der Waals surface area (Å²) in [5, 5.41) is 0. The number of carbonyl (C=O) groups excluding carboxylic acids is 1. The molecule has 1 saturated heterocycles. The summed E-state index contributed by atoms with van der Waals surface area (Å²) in [6.45, 7) is 4.09. The molecule has 0 spiro atoms. The highest BCUT2D eigenvalue weighted by atomic mass is 19.1. The van der Waals surface area contributed by atoms with Crippen LogP contribution >= 0.6 is 0 Å². The van der Waals surface area contributed by atoms with Gasteiger partial charge in [0.1, 0.15) is 5.82 Å². The minimum Gasteiger partial charge on any atom is -0.366 e. The highest BCUT2D eigenvalue weighted by Gasteiger charge is 2.35. The van der Waals surface area contributed by atoms with E-state index in [0.717, 1.165) is 24.1 Å². The van der Waals surface area contributed by atoms with Crippen molar-refractivity contribution in [1.82, 2.24) is 9.88 Å². The molecule has 1 atom stereocenters. The smallest absolute Gasteiger partial charge is 0.256 e. The Hall–Kier alpha value is -2.14. The second kappa shape index (κ2) is 5.57. The van der Waals surface area contributed by atoms with Gasteiger partial charge >= 0.3 is 0 Å². The van der Waals surface area contributed by atoms with Crippen LogP contribution in [-0.2, 0) is 0 Å². The zero-order valence-corrected chi connectivity index (χ0v) is 12.6. The highest BCUT2D eigenvalue weighted by molar-refractivity contribution is 6.01. The Morgan fingerprint density at radius 1 is 1.36 bits per heavy atom.